The van der Waals surface area contributed by atoms with E-state index in [9.17, 15) is 5.11 Å². The van der Waals surface area contributed by atoms with Gasteiger partial charge in [-0.15, -0.1) is 0 Å². The van der Waals surface area contributed by atoms with Gasteiger partial charge in [-0.1, -0.05) is 62.9 Å². The number of aliphatic hydroxyl groups is 2. The molecule has 0 radical (unpaired) electrons. The molecule has 0 saturated heterocycles. The van der Waals surface area contributed by atoms with E-state index in [0.29, 0.717) is 6.61 Å². The predicted molar refractivity (Wildman–Crippen MR) is 76.9 cm³/mol. The topological polar surface area (TPSA) is 49.7 Å². The molecule has 19 heavy (non-hydrogen) atoms. The van der Waals surface area contributed by atoms with Crippen LogP contribution in [0.2, 0.25) is 0 Å². The standard InChI is InChI=1S/C16H26O3/c1-2-3-4-8-11-16(15(18)12-17)19-13-14-9-6-5-7-10-14/h5-7,9-10,15-18H,2-4,8,11-13H2,1H3/t15-,16-/m1/s1. The van der Waals surface area contributed by atoms with E-state index in [1.54, 1.807) is 0 Å². The number of unbranched alkanes of at least 4 members (excludes halogenated alkanes) is 3. The van der Waals surface area contributed by atoms with Gasteiger partial charge in [-0.3, -0.25) is 0 Å². The molecule has 1 aromatic rings. The highest BCUT2D eigenvalue weighted by atomic mass is 16.5. The lowest BCUT2D eigenvalue weighted by atomic mass is 10.1. The fourth-order valence-corrected chi connectivity index (χ4v) is 2.05. The molecule has 0 fully saturated rings. The fraction of sp³-hybridized carbons (Fsp3) is 0.625. The summed E-state index contributed by atoms with van der Waals surface area (Å²) >= 11 is 0. The number of hydrogen-bond donors (Lipinski definition) is 2. The summed E-state index contributed by atoms with van der Waals surface area (Å²) in [6.45, 7) is 2.41. The van der Waals surface area contributed by atoms with Crippen molar-refractivity contribution in [3.63, 3.8) is 0 Å². The maximum atomic E-state index is 9.78. The Balaban J connectivity index is 2.36. The van der Waals surface area contributed by atoms with Crippen LogP contribution in [-0.2, 0) is 11.3 Å². The van der Waals surface area contributed by atoms with Gasteiger partial charge < -0.3 is 14.9 Å². The van der Waals surface area contributed by atoms with Crippen LogP contribution in [0.15, 0.2) is 30.3 Å². The zero-order valence-corrected chi connectivity index (χ0v) is 11.8. The smallest absolute Gasteiger partial charge is 0.103 e. The third-order valence-corrected chi connectivity index (χ3v) is 3.27. The molecule has 108 valence electrons. The van der Waals surface area contributed by atoms with Crippen LogP contribution in [-0.4, -0.2) is 29.0 Å². The third-order valence-electron chi connectivity index (χ3n) is 3.27. The lowest BCUT2D eigenvalue weighted by molar-refractivity contribution is -0.0691. The third kappa shape index (κ3) is 6.71. The first-order chi connectivity index (χ1) is 9.27. The molecule has 0 aliphatic carbocycles. The normalized spacial score (nSPS) is 14.3. The number of aliphatic hydroxyl groups excluding tert-OH is 2. The highest BCUT2D eigenvalue weighted by Crippen LogP contribution is 2.14. The van der Waals surface area contributed by atoms with Gasteiger partial charge in [0, 0.05) is 0 Å². The summed E-state index contributed by atoms with van der Waals surface area (Å²) in [5.74, 6) is 0. The molecule has 3 heteroatoms. The van der Waals surface area contributed by atoms with Gasteiger partial charge in [0.05, 0.1) is 19.3 Å². The summed E-state index contributed by atoms with van der Waals surface area (Å²) in [4.78, 5) is 0. The molecule has 0 saturated carbocycles. The molecule has 1 aromatic carbocycles. The van der Waals surface area contributed by atoms with Crippen LogP contribution >= 0.6 is 0 Å². The second-order valence-corrected chi connectivity index (χ2v) is 4.93. The van der Waals surface area contributed by atoms with Crippen LogP contribution in [0, 0.1) is 0 Å². The van der Waals surface area contributed by atoms with E-state index < -0.39 is 6.10 Å². The summed E-state index contributed by atoms with van der Waals surface area (Å²) in [6.07, 6.45) is 4.32. The van der Waals surface area contributed by atoms with Crippen molar-refractivity contribution in [1.82, 2.24) is 0 Å². The van der Waals surface area contributed by atoms with Crippen molar-refractivity contribution >= 4 is 0 Å². The molecule has 0 aliphatic rings. The summed E-state index contributed by atoms with van der Waals surface area (Å²) in [6, 6.07) is 9.90. The summed E-state index contributed by atoms with van der Waals surface area (Å²) in [5, 5.41) is 18.9. The Morgan fingerprint density at radius 3 is 2.47 bits per heavy atom. The van der Waals surface area contributed by atoms with E-state index in [0.717, 1.165) is 24.8 Å². The fourth-order valence-electron chi connectivity index (χ4n) is 2.05. The van der Waals surface area contributed by atoms with Crippen molar-refractivity contribution in [3.8, 4) is 0 Å². The van der Waals surface area contributed by atoms with Crippen LogP contribution in [0.25, 0.3) is 0 Å². The van der Waals surface area contributed by atoms with Gasteiger partial charge in [-0.05, 0) is 12.0 Å². The van der Waals surface area contributed by atoms with Gasteiger partial charge in [-0.2, -0.15) is 0 Å². The Kier molecular flexibility index (Phi) is 8.47. The van der Waals surface area contributed by atoms with Crippen LogP contribution in [0.5, 0.6) is 0 Å². The van der Waals surface area contributed by atoms with Crippen LogP contribution in [0.4, 0.5) is 0 Å². The van der Waals surface area contributed by atoms with E-state index in [4.69, 9.17) is 9.84 Å². The zero-order chi connectivity index (χ0) is 13.9. The molecular weight excluding hydrogens is 240 g/mol. The minimum absolute atomic E-state index is 0.243. The molecule has 0 unspecified atom stereocenters. The van der Waals surface area contributed by atoms with Gasteiger partial charge in [-0.25, -0.2) is 0 Å². The van der Waals surface area contributed by atoms with Crippen molar-refractivity contribution < 1.29 is 14.9 Å². The molecule has 0 amide bonds. The average Bonchev–Trinajstić information content (AvgIpc) is 2.47. The highest BCUT2D eigenvalue weighted by molar-refractivity contribution is 5.13. The van der Waals surface area contributed by atoms with Crippen LogP contribution in [0.3, 0.4) is 0 Å². The zero-order valence-electron chi connectivity index (χ0n) is 11.8. The lowest BCUT2D eigenvalue weighted by Gasteiger charge is -2.22. The van der Waals surface area contributed by atoms with Crippen LogP contribution in [0.1, 0.15) is 44.6 Å². The first-order valence-electron chi connectivity index (χ1n) is 7.22. The Labute approximate surface area is 116 Å². The van der Waals surface area contributed by atoms with Crippen molar-refractivity contribution in [2.75, 3.05) is 6.61 Å². The Hall–Kier alpha value is -0.900. The molecule has 0 heterocycles. The maximum absolute atomic E-state index is 9.78. The number of ether oxygens (including phenoxy) is 1. The lowest BCUT2D eigenvalue weighted by Crippen LogP contribution is -2.32. The van der Waals surface area contributed by atoms with Gasteiger partial charge in [0.25, 0.3) is 0 Å². The van der Waals surface area contributed by atoms with Crippen molar-refractivity contribution in [2.45, 2.75) is 57.8 Å². The monoisotopic (exact) mass is 266 g/mol. The van der Waals surface area contributed by atoms with E-state index in [1.165, 1.54) is 12.8 Å². The summed E-state index contributed by atoms with van der Waals surface area (Å²) in [7, 11) is 0. The molecule has 2 atom stereocenters. The second-order valence-electron chi connectivity index (χ2n) is 4.93. The van der Waals surface area contributed by atoms with Crippen molar-refractivity contribution in [1.29, 1.82) is 0 Å². The second kappa shape index (κ2) is 9.96. The first kappa shape index (κ1) is 16.2. The molecular formula is C16H26O3. The predicted octanol–water partition coefficient (Wildman–Crippen LogP) is 2.90. The molecule has 3 nitrogen and oxygen atoms in total. The largest absolute Gasteiger partial charge is 0.394 e. The SMILES string of the molecule is CCCCCC[C@@H](OCc1ccccc1)[C@H](O)CO. The van der Waals surface area contributed by atoms with Gasteiger partial charge in [0.15, 0.2) is 0 Å². The average molecular weight is 266 g/mol. The molecule has 0 spiro atoms. The van der Waals surface area contributed by atoms with Gasteiger partial charge >= 0.3 is 0 Å². The van der Waals surface area contributed by atoms with E-state index in [2.05, 4.69) is 6.92 Å². The number of hydrogen-bond acceptors (Lipinski definition) is 3. The van der Waals surface area contributed by atoms with Gasteiger partial charge in [0.1, 0.15) is 6.10 Å². The van der Waals surface area contributed by atoms with Gasteiger partial charge in [0.2, 0.25) is 0 Å². The minimum Gasteiger partial charge on any atom is -0.394 e. The highest BCUT2D eigenvalue weighted by Gasteiger charge is 2.18. The Morgan fingerprint density at radius 1 is 1.11 bits per heavy atom. The van der Waals surface area contributed by atoms with Crippen molar-refractivity contribution in [2.24, 2.45) is 0 Å². The number of benzene rings is 1. The maximum Gasteiger partial charge on any atom is 0.103 e. The van der Waals surface area contributed by atoms with Crippen molar-refractivity contribution in [3.05, 3.63) is 35.9 Å². The van der Waals surface area contributed by atoms with E-state index >= 15 is 0 Å². The molecule has 1 rings (SSSR count). The summed E-state index contributed by atoms with van der Waals surface area (Å²) in [5.41, 5.74) is 1.09. The minimum atomic E-state index is -0.787. The Morgan fingerprint density at radius 2 is 1.84 bits per heavy atom. The Bertz CT molecular complexity index is 313. The number of rotatable bonds is 10. The summed E-state index contributed by atoms with van der Waals surface area (Å²) < 4.78 is 5.75. The van der Waals surface area contributed by atoms with Crippen LogP contribution < -0.4 is 0 Å². The molecule has 0 aliphatic heterocycles. The molecule has 2 N–H and O–H groups in total. The molecule has 0 bridgehead atoms. The first-order valence-corrected chi connectivity index (χ1v) is 7.22. The van der Waals surface area contributed by atoms with E-state index in [-0.39, 0.29) is 12.7 Å². The molecule has 0 aromatic heterocycles. The van der Waals surface area contributed by atoms with E-state index in [1.807, 2.05) is 30.3 Å². The quantitative estimate of drug-likeness (QED) is 0.640.